The van der Waals surface area contributed by atoms with E-state index in [1.54, 1.807) is 43.3 Å². The molecule has 0 heterocycles. The number of rotatable bonds is 11. The SMILES string of the molecule is Cc1cccc(N(CC(=O)N(Cc2ccccc2C)[C@H](C)C(=O)NCC(C)C)S(=O)(=O)c2ccccc2)c1. The molecule has 0 bridgehead atoms. The summed E-state index contributed by atoms with van der Waals surface area (Å²) in [5, 5.41) is 2.90. The third-order valence-electron chi connectivity index (χ3n) is 6.35. The van der Waals surface area contributed by atoms with Crippen LogP contribution in [0.1, 0.15) is 37.5 Å². The van der Waals surface area contributed by atoms with Crippen LogP contribution in [0.15, 0.2) is 83.8 Å². The maximum Gasteiger partial charge on any atom is 0.264 e. The number of hydrogen-bond acceptors (Lipinski definition) is 4. The Hall–Kier alpha value is -3.65. The predicted molar refractivity (Wildman–Crippen MR) is 151 cm³/mol. The fourth-order valence-electron chi connectivity index (χ4n) is 4.04. The van der Waals surface area contributed by atoms with Crippen LogP contribution in [0.3, 0.4) is 0 Å². The molecule has 3 aromatic rings. The highest BCUT2D eigenvalue weighted by atomic mass is 32.2. The van der Waals surface area contributed by atoms with Crippen molar-refractivity contribution in [3.63, 3.8) is 0 Å². The molecule has 0 aliphatic carbocycles. The average molecular weight is 536 g/mol. The molecule has 7 nitrogen and oxygen atoms in total. The van der Waals surface area contributed by atoms with Gasteiger partial charge in [0.15, 0.2) is 0 Å². The van der Waals surface area contributed by atoms with E-state index in [1.165, 1.54) is 17.0 Å². The van der Waals surface area contributed by atoms with E-state index in [2.05, 4.69) is 5.32 Å². The minimum atomic E-state index is -4.06. The van der Waals surface area contributed by atoms with E-state index in [0.29, 0.717) is 12.2 Å². The summed E-state index contributed by atoms with van der Waals surface area (Å²) >= 11 is 0. The molecule has 0 saturated heterocycles. The van der Waals surface area contributed by atoms with Gasteiger partial charge in [0, 0.05) is 13.1 Å². The van der Waals surface area contributed by atoms with Gasteiger partial charge in [-0.25, -0.2) is 8.42 Å². The van der Waals surface area contributed by atoms with E-state index in [1.807, 2.05) is 58.0 Å². The van der Waals surface area contributed by atoms with Gasteiger partial charge in [-0.1, -0.05) is 68.4 Å². The second kappa shape index (κ2) is 12.7. The Morgan fingerprint density at radius 3 is 2.16 bits per heavy atom. The van der Waals surface area contributed by atoms with Gasteiger partial charge in [-0.2, -0.15) is 0 Å². The zero-order valence-corrected chi connectivity index (χ0v) is 23.5. The van der Waals surface area contributed by atoms with Crippen molar-refractivity contribution in [1.82, 2.24) is 10.2 Å². The highest BCUT2D eigenvalue weighted by molar-refractivity contribution is 7.92. The van der Waals surface area contributed by atoms with Crippen LogP contribution < -0.4 is 9.62 Å². The second-order valence-corrected chi connectivity index (χ2v) is 11.8. The molecule has 0 aromatic heterocycles. The van der Waals surface area contributed by atoms with Crippen LogP contribution in [-0.4, -0.2) is 44.3 Å². The van der Waals surface area contributed by atoms with Crippen LogP contribution in [0.5, 0.6) is 0 Å². The highest BCUT2D eigenvalue weighted by Crippen LogP contribution is 2.25. The van der Waals surface area contributed by atoms with Crippen molar-refractivity contribution in [2.24, 2.45) is 5.92 Å². The Labute approximate surface area is 226 Å². The number of carbonyl (C=O) groups is 2. The Bertz CT molecular complexity index is 1360. The van der Waals surface area contributed by atoms with E-state index >= 15 is 0 Å². The summed E-state index contributed by atoms with van der Waals surface area (Å²) in [7, 11) is -4.06. The summed E-state index contributed by atoms with van der Waals surface area (Å²) in [4.78, 5) is 28.5. The Morgan fingerprint density at radius 2 is 1.53 bits per heavy atom. The summed E-state index contributed by atoms with van der Waals surface area (Å²) in [5.41, 5.74) is 3.11. The molecule has 8 heteroatoms. The maximum absolute atomic E-state index is 13.9. The lowest BCUT2D eigenvalue weighted by molar-refractivity contribution is -0.139. The molecule has 0 aliphatic rings. The van der Waals surface area contributed by atoms with Crippen LogP contribution in [0.25, 0.3) is 0 Å². The van der Waals surface area contributed by atoms with Crippen LogP contribution in [-0.2, 0) is 26.2 Å². The van der Waals surface area contributed by atoms with Crippen molar-refractivity contribution in [1.29, 1.82) is 0 Å². The molecular weight excluding hydrogens is 498 g/mol. The van der Waals surface area contributed by atoms with Crippen molar-refractivity contribution < 1.29 is 18.0 Å². The van der Waals surface area contributed by atoms with Gasteiger partial charge in [0.1, 0.15) is 12.6 Å². The zero-order valence-electron chi connectivity index (χ0n) is 22.7. The molecular formula is C30H37N3O4S. The number of sulfonamides is 1. The molecule has 2 amide bonds. The first kappa shape index (κ1) is 28.9. The van der Waals surface area contributed by atoms with Crippen molar-refractivity contribution in [3.8, 4) is 0 Å². The van der Waals surface area contributed by atoms with Gasteiger partial charge in [0.2, 0.25) is 11.8 Å². The molecule has 0 fully saturated rings. The molecule has 0 radical (unpaired) electrons. The monoisotopic (exact) mass is 535 g/mol. The summed E-state index contributed by atoms with van der Waals surface area (Å²) in [6.45, 7) is 9.68. The number of carbonyl (C=O) groups excluding carboxylic acids is 2. The van der Waals surface area contributed by atoms with E-state index < -0.39 is 28.5 Å². The number of benzene rings is 3. The van der Waals surface area contributed by atoms with E-state index in [0.717, 1.165) is 21.0 Å². The molecule has 3 aromatic carbocycles. The predicted octanol–water partition coefficient (Wildman–Crippen LogP) is 4.69. The average Bonchev–Trinajstić information content (AvgIpc) is 2.89. The number of nitrogens with one attached hydrogen (secondary N) is 1. The minimum absolute atomic E-state index is 0.0856. The minimum Gasteiger partial charge on any atom is -0.354 e. The Kier molecular flexibility index (Phi) is 9.69. The largest absolute Gasteiger partial charge is 0.354 e. The summed E-state index contributed by atoms with van der Waals surface area (Å²) in [5.74, 6) is -0.505. The lowest BCUT2D eigenvalue weighted by Crippen LogP contribution is -2.51. The fourth-order valence-corrected chi connectivity index (χ4v) is 5.46. The number of aryl methyl sites for hydroxylation is 2. The van der Waals surface area contributed by atoms with Gasteiger partial charge in [0.05, 0.1) is 10.6 Å². The van der Waals surface area contributed by atoms with Gasteiger partial charge in [-0.15, -0.1) is 0 Å². The van der Waals surface area contributed by atoms with Crippen molar-refractivity contribution in [2.45, 2.75) is 52.1 Å². The van der Waals surface area contributed by atoms with Crippen molar-refractivity contribution >= 4 is 27.5 Å². The topological polar surface area (TPSA) is 86.8 Å². The molecule has 0 spiro atoms. The Morgan fingerprint density at radius 1 is 0.868 bits per heavy atom. The molecule has 3 rings (SSSR count). The van der Waals surface area contributed by atoms with Crippen molar-refractivity contribution in [2.75, 3.05) is 17.4 Å². The van der Waals surface area contributed by atoms with Gasteiger partial charge < -0.3 is 10.2 Å². The quantitative estimate of drug-likeness (QED) is 0.386. The standard InChI is InChI=1S/C30H37N3O4S/c1-22(2)19-31-30(35)25(5)32(20-26-14-10-9-13-24(26)4)29(34)21-33(27-15-11-12-23(3)18-27)38(36,37)28-16-7-6-8-17-28/h6-18,22,25H,19-21H2,1-5H3,(H,31,35)/t25-/m1/s1. The molecule has 1 N–H and O–H groups in total. The molecule has 0 aliphatic heterocycles. The summed E-state index contributed by atoms with van der Waals surface area (Å²) in [6.07, 6.45) is 0. The third-order valence-corrected chi connectivity index (χ3v) is 8.14. The first-order valence-corrected chi connectivity index (χ1v) is 14.2. The van der Waals surface area contributed by atoms with E-state index in [9.17, 15) is 18.0 Å². The Balaban J connectivity index is 2.01. The summed E-state index contributed by atoms with van der Waals surface area (Å²) < 4.78 is 28.7. The first-order chi connectivity index (χ1) is 18.0. The van der Waals surface area contributed by atoms with Gasteiger partial charge >= 0.3 is 0 Å². The third kappa shape index (κ3) is 7.22. The second-order valence-electron chi connectivity index (χ2n) is 9.93. The van der Waals surface area contributed by atoms with E-state index in [4.69, 9.17) is 0 Å². The maximum atomic E-state index is 13.9. The smallest absolute Gasteiger partial charge is 0.264 e. The molecule has 38 heavy (non-hydrogen) atoms. The molecule has 0 unspecified atom stereocenters. The van der Waals surface area contributed by atoms with Crippen LogP contribution in [0.2, 0.25) is 0 Å². The first-order valence-electron chi connectivity index (χ1n) is 12.8. The summed E-state index contributed by atoms with van der Waals surface area (Å²) in [6, 6.07) is 21.9. The van der Waals surface area contributed by atoms with Gasteiger partial charge in [0.25, 0.3) is 10.0 Å². The fraction of sp³-hybridized carbons (Fsp3) is 0.333. The zero-order chi connectivity index (χ0) is 27.9. The number of anilines is 1. The lowest BCUT2D eigenvalue weighted by atomic mass is 10.1. The van der Waals surface area contributed by atoms with Crippen molar-refractivity contribution in [3.05, 3.63) is 95.6 Å². The molecule has 0 saturated carbocycles. The van der Waals surface area contributed by atoms with Crippen LogP contribution in [0, 0.1) is 19.8 Å². The molecule has 1 atom stereocenters. The van der Waals surface area contributed by atoms with E-state index in [-0.39, 0.29) is 23.3 Å². The van der Waals surface area contributed by atoms with Crippen LogP contribution >= 0.6 is 0 Å². The molecule has 202 valence electrons. The number of amides is 2. The normalized spacial score (nSPS) is 12.2. The van der Waals surface area contributed by atoms with Gasteiger partial charge in [-0.05, 0) is 67.6 Å². The number of hydrogen-bond donors (Lipinski definition) is 1. The number of nitrogens with zero attached hydrogens (tertiary/aromatic N) is 2. The van der Waals surface area contributed by atoms with Crippen LogP contribution in [0.4, 0.5) is 5.69 Å². The highest BCUT2D eigenvalue weighted by Gasteiger charge is 2.32. The lowest BCUT2D eigenvalue weighted by Gasteiger charge is -2.32. The van der Waals surface area contributed by atoms with Gasteiger partial charge in [-0.3, -0.25) is 13.9 Å².